The van der Waals surface area contributed by atoms with Gasteiger partial charge in [-0.25, -0.2) is 12.8 Å². The molecule has 25 heavy (non-hydrogen) atoms. The van der Waals surface area contributed by atoms with Crippen molar-refractivity contribution in [2.24, 2.45) is 0 Å². The lowest BCUT2D eigenvalue weighted by atomic mass is 10.1. The minimum atomic E-state index is -3.22. The molecule has 1 atom stereocenters. The number of carbonyl (C=O) groups excluding carboxylic acids is 1. The molecule has 2 rings (SSSR count). The molecule has 0 aliphatic carbocycles. The zero-order chi connectivity index (χ0) is 18.4. The highest BCUT2D eigenvalue weighted by Gasteiger charge is 2.12. The highest BCUT2D eigenvalue weighted by atomic mass is 32.2. The molecule has 0 radical (unpaired) electrons. The Labute approximate surface area is 151 Å². The third-order valence-electron chi connectivity index (χ3n) is 3.60. The van der Waals surface area contributed by atoms with Crippen LogP contribution in [0.5, 0.6) is 0 Å². The van der Waals surface area contributed by atoms with Gasteiger partial charge in [-0.2, -0.15) is 0 Å². The van der Waals surface area contributed by atoms with Crippen LogP contribution in [0.3, 0.4) is 0 Å². The Morgan fingerprint density at radius 3 is 2.28 bits per heavy atom. The third-order valence-corrected chi connectivity index (χ3v) is 5.74. The Kier molecular flexibility index (Phi) is 6.61. The highest BCUT2D eigenvalue weighted by molar-refractivity contribution is 7.99. The number of carbonyl (C=O) groups is 1. The second kappa shape index (κ2) is 8.49. The predicted molar refractivity (Wildman–Crippen MR) is 97.9 cm³/mol. The minimum absolute atomic E-state index is 0.0886. The van der Waals surface area contributed by atoms with Gasteiger partial charge in [0, 0.05) is 23.3 Å². The van der Waals surface area contributed by atoms with Gasteiger partial charge in [0.2, 0.25) is 5.91 Å². The molecule has 4 nitrogen and oxygen atoms in total. The average molecular weight is 381 g/mol. The molecule has 0 saturated heterocycles. The summed E-state index contributed by atoms with van der Waals surface area (Å²) in [5.41, 5.74) is 0.840. The summed E-state index contributed by atoms with van der Waals surface area (Å²) in [6, 6.07) is 12.4. The number of hydrogen-bond acceptors (Lipinski definition) is 4. The van der Waals surface area contributed by atoms with E-state index < -0.39 is 9.84 Å². The van der Waals surface area contributed by atoms with Gasteiger partial charge in [0.15, 0.2) is 9.84 Å². The number of nitrogens with one attached hydrogen (secondary N) is 1. The summed E-state index contributed by atoms with van der Waals surface area (Å²) < 4.78 is 35.7. The lowest BCUT2D eigenvalue weighted by molar-refractivity contribution is -0.121. The van der Waals surface area contributed by atoms with Crippen LogP contribution in [0.2, 0.25) is 0 Å². The standard InChI is InChI=1S/C18H20FNO3S2/c1-13(14-3-9-17(10-4-14)25(2,22)23)20-18(21)11-12-24-16-7-5-15(19)6-8-16/h3-10,13H,11-12H2,1-2H3,(H,20,21)/t13-/m1/s1. The summed E-state index contributed by atoms with van der Waals surface area (Å²) in [5, 5.41) is 2.89. The SMILES string of the molecule is C[C@@H](NC(=O)CCSc1ccc(F)cc1)c1ccc(S(C)(=O)=O)cc1. The highest BCUT2D eigenvalue weighted by Crippen LogP contribution is 2.20. The molecule has 0 aliphatic rings. The Morgan fingerprint density at radius 1 is 1.12 bits per heavy atom. The van der Waals surface area contributed by atoms with E-state index in [0.29, 0.717) is 12.2 Å². The van der Waals surface area contributed by atoms with Gasteiger partial charge in [-0.3, -0.25) is 4.79 Å². The van der Waals surface area contributed by atoms with Crippen molar-refractivity contribution < 1.29 is 17.6 Å². The molecule has 2 aromatic carbocycles. The van der Waals surface area contributed by atoms with Crippen molar-refractivity contribution in [2.45, 2.75) is 29.2 Å². The Balaban J connectivity index is 1.82. The van der Waals surface area contributed by atoms with Crippen LogP contribution in [0.15, 0.2) is 58.3 Å². The van der Waals surface area contributed by atoms with Crippen LogP contribution in [-0.4, -0.2) is 26.3 Å². The van der Waals surface area contributed by atoms with Gasteiger partial charge in [0.05, 0.1) is 10.9 Å². The number of benzene rings is 2. The number of rotatable bonds is 7. The number of halogens is 1. The van der Waals surface area contributed by atoms with E-state index in [1.54, 1.807) is 24.3 Å². The van der Waals surface area contributed by atoms with Gasteiger partial charge < -0.3 is 5.32 Å². The quantitative estimate of drug-likeness (QED) is 0.745. The lowest BCUT2D eigenvalue weighted by Crippen LogP contribution is -2.26. The molecule has 0 spiro atoms. The third kappa shape index (κ3) is 6.17. The fourth-order valence-corrected chi connectivity index (χ4v) is 3.68. The summed E-state index contributed by atoms with van der Waals surface area (Å²) >= 11 is 1.49. The molecular formula is C18H20FNO3S2. The first-order valence-electron chi connectivity index (χ1n) is 7.73. The van der Waals surface area contributed by atoms with Crippen molar-refractivity contribution in [1.29, 1.82) is 0 Å². The van der Waals surface area contributed by atoms with Crippen molar-refractivity contribution in [1.82, 2.24) is 5.32 Å². The average Bonchev–Trinajstić information content (AvgIpc) is 2.56. The second-order valence-corrected chi connectivity index (χ2v) is 8.87. The molecule has 0 saturated carbocycles. The molecule has 0 fully saturated rings. The smallest absolute Gasteiger partial charge is 0.221 e. The van der Waals surface area contributed by atoms with Crippen LogP contribution < -0.4 is 5.32 Å². The molecule has 2 aromatic rings. The fourth-order valence-electron chi connectivity index (χ4n) is 2.19. The lowest BCUT2D eigenvalue weighted by Gasteiger charge is -2.14. The molecule has 0 aliphatic heterocycles. The first kappa shape index (κ1) is 19.5. The van der Waals surface area contributed by atoms with Crippen LogP contribution in [0.25, 0.3) is 0 Å². The van der Waals surface area contributed by atoms with E-state index in [-0.39, 0.29) is 22.7 Å². The second-order valence-electron chi connectivity index (χ2n) is 5.68. The van der Waals surface area contributed by atoms with Crippen molar-refractivity contribution in [3.05, 3.63) is 59.9 Å². The summed E-state index contributed by atoms with van der Waals surface area (Å²) in [5.74, 6) is 0.226. The molecule has 0 unspecified atom stereocenters. The van der Waals surface area contributed by atoms with E-state index in [1.165, 1.54) is 36.0 Å². The molecule has 134 valence electrons. The van der Waals surface area contributed by atoms with Crippen molar-refractivity contribution in [3.8, 4) is 0 Å². The van der Waals surface area contributed by atoms with E-state index in [2.05, 4.69) is 5.32 Å². The summed E-state index contributed by atoms with van der Waals surface area (Å²) in [4.78, 5) is 13.2. The van der Waals surface area contributed by atoms with Crippen molar-refractivity contribution in [2.75, 3.05) is 12.0 Å². The number of sulfone groups is 1. The van der Waals surface area contributed by atoms with Crippen LogP contribution in [-0.2, 0) is 14.6 Å². The Bertz CT molecular complexity index is 818. The van der Waals surface area contributed by atoms with Gasteiger partial charge in [0.25, 0.3) is 0 Å². The number of thioether (sulfide) groups is 1. The molecule has 1 amide bonds. The van der Waals surface area contributed by atoms with E-state index >= 15 is 0 Å². The maximum atomic E-state index is 12.8. The van der Waals surface area contributed by atoms with E-state index in [0.717, 1.165) is 16.7 Å². The normalized spacial score (nSPS) is 12.6. The molecule has 0 aromatic heterocycles. The van der Waals surface area contributed by atoms with Crippen LogP contribution in [0.1, 0.15) is 24.9 Å². The monoisotopic (exact) mass is 381 g/mol. The predicted octanol–water partition coefficient (Wildman–Crippen LogP) is 3.59. The van der Waals surface area contributed by atoms with Crippen molar-refractivity contribution >= 4 is 27.5 Å². The van der Waals surface area contributed by atoms with Gasteiger partial charge >= 0.3 is 0 Å². The molecule has 0 heterocycles. The van der Waals surface area contributed by atoms with E-state index in [9.17, 15) is 17.6 Å². The van der Waals surface area contributed by atoms with E-state index in [4.69, 9.17) is 0 Å². The van der Waals surface area contributed by atoms with E-state index in [1.807, 2.05) is 6.92 Å². The van der Waals surface area contributed by atoms with Gasteiger partial charge in [0.1, 0.15) is 5.82 Å². The molecule has 7 heteroatoms. The maximum absolute atomic E-state index is 12.8. The molecule has 1 N–H and O–H groups in total. The maximum Gasteiger partial charge on any atom is 0.221 e. The number of hydrogen-bond donors (Lipinski definition) is 1. The zero-order valence-corrected chi connectivity index (χ0v) is 15.7. The molecular weight excluding hydrogens is 361 g/mol. The summed E-state index contributed by atoms with van der Waals surface area (Å²) in [6.45, 7) is 1.85. The van der Waals surface area contributed by atoms with Gasteiger partial charge in [-0.05, 0) is 48.9 Å². The fraction of sp³-hybridized carbons (Fsp3) is 0.278. The minimum Gasteiger partial charge on any atom is -0.350 e. The Morgan fingerprint density at radius 2 is 1.72 bits per heavy atom. The van der Waals surface area contributed by atoms with Crippen molar-refractivity contribution in [3.63, 3.8) is 0 Å². The van der Waals surface area contributed by atoms with Crippen LogP contribution in [0, 0.1) is 5.82 Å². The van der Waals surface area contributed by atoms with Gasteiger partial charge in [-0.15, -0.1) is 11.8 Å². The Hall–Kier alpha value is -1.86. The first-order chi connectivity index (χ1) is 11.8. The molecule has 0 bridgehead atoms. The first-order valence-corrected chi connectivity index (χ1v) is 10.6. The zero-order valence-electron chi connectivity index (χ0n) is 14.0. The van der Waals surface area contributed by atoms with Crippen LogP contribution in [0.4, 0.5) is 4.39 Å². The summed E-state index contributed by atoms with van der Waals surface area (Å²) in [6.07, 6.45) is 1.50. The summed E-state index contributed by atoms with van der Waals surface area (Å²) in [7, 11) is -3.22. The van der Waals surface area contributed by atoms with Gasteiger partial charge in [-0.1, -0.05) is 12.1 Å². The number of amides is 1. The van der Waals surface area contributed by atoms with Crippen LogP contribution >= 0.6 is 11.8 Å². The topological polar surface area (TPSA) is 63.2 Å². The largest absolute Gasteiger partial charge is 0.350 e.